The van der Waals surface area contributed by atoms with E-state index in [0.717, 1.165) is 12.8 Å². The number of aryl methyl sites for hydroxylation is 2. The van der Waals surface area contributed by atoms with Crippen LogP contribution in [-0.4, -0.2) is 4.98 Å². The van der Waals surface area contributed by atoms with E-state index in [1.54, 1.807) is 5.57 Å². The standard InChI is InChI=1S/C17H14N.Ir/c1-2-6-15-12(4-1)7-8-13-9-10-14-5-3-11-18-17(14)16(13)15;/h1-5,11H,7-10H2;/q-1;. The second-order valence-electron chi connectivity index (χ2n) is 5.06. The zero-order valence-corrected chi connectivity index (χ0v) is 13.0. The Hall–Kier alpha value is -1.24. The van der Waals surface area contributed by atoms with E-state index in [-0.39, 0.29) is 20.1 Å². The summed E-state index contributed by atoms with van der Waals surface area (Å²) in [6, 6.07) is 14.0. The maximum Gasteiger partial charge on any atom is 0.0326 e. The molecule has 1 heterocycles. The van der Waals surface area contributed by atoms with Crippen molar-refractivity contribution in [3.8, 4) is 0 Å². The average molecular weight is 425 g/mol. The Kier molecular flexibility index (Phi) is 3.38. The molecule has 2 heteroatoms. The van der Waals surface area contributed by atoms with Crippen molar-refractivity contribution in [3.05, 3.63) is 70.6 Å². The predicted molar refractivity (Wildman–Crippen MR) is 72.2 cm³/mol. The van der Waals surface area contributed by atoms with Gasteiger partial charge < -0.3 is 0 Å². The van der Waals surface area contributed by atoms with Gasteiger partial charge in [-0.1, -0.05) is 18.1 Å². The van der Waals surface area contributed by atoms with Crippen molar-refractivity contribution in [2.75, 3.05) is 0 Å². The largest absolute Gasteiger partial charge is 0.266 e. The van der Waals surface area contributed by atoms with Crippen molar-refractivity contribution >= 4 is 5.57 Å². The summed E-state index contributed by atoms with van der Waals surface area (Å²) in [5.74, 6) is 0. The zero-order chi connectivity index (χ0) is 11.9. The first-order valence-corrected chi connectivity index (χ1v) is 6.60. The molecular formula is C17H14IrN-. The molecule has 0 atom stereocenters. The number of aromatic nitrogens is 1. The number of hydrogen-bond donors (Lipinski definition) is 0. The summed E-state index contributed by atoms with van der Waals surface area (Å²) < 4.78 is 0. The van der Waals surface area contributed by atoms with Gasteiger partial charge in [-0.05, 0) is 30.9 Å². The zero-order valence-electron chi connectivity index (χ0n) is 10.6. The van der Waals surface area contributed by atoms with Gasteiger partial charge in [0, 0.05) is 32.0 Å². The van der Waals surface area contributed by atoms with E-state index in [1.165, 1.54) is 40.8 Å². The Morgan fingerprint density at radius 3 is 2.63 bits per heavy atom. The van der Waals surface area contributed by atoms with E-state index < -0.39 is 0 Å². The van der Waals surface area contributed by atoms with E-state index >= 15 is 0 Å². The molecule has 0 unspecified atom stereocenters. The first-order valence-electron chi connectivity index (χ1n) is 6.60. The van der Waals surface area contributed by atoms with E-state index in [4.69, 9.17) is 0 Å². The summed E-state index contributed by atoms with van der Waals surface area (Å²) in [4.78, 5) is 4.62. The Morgan fingerprint density at radius 1 is 0.947 bits per heavy atom. The molecule has 1 radical (unpaired) electrons. The van der Waals surface area contributed by atoms with Crippen LogP contribution in [0.15, 0.2) is 42.1 Å². The van der Waals surface area contributed by atoms with Crippen LogP contribution in [0.3, 0.4) is 0 Å². The SMILES string of the molecule is [Ir].[c-]1cccc2c1C1=C(CC2)CCc2cccnc21. The Morgan fingerprint density at radius 2 is 1.74 bits per heavy atom. The van der Waals surface area contributed by atoms with Crippen LogP contribution in [0.4, 0.5) is 0 Å². The molecule has 2 aliphatic carbocycles. The number of fused-ring (bicyclic) bond motifs is 4. The molecule has 19 heavy (non-hydrogen) atoms. The van der Waals surface area contributed by atoms with Gasteiger partial charge in [0.1, 0.15) is 0 Å². The Labute approximate surface area is 127 Å². The summed E-state index contributed by atoms with van der Waals surface area (Å²) in [7, 11) is 0. The third-order valence-corrected chi connectivity index (χ3v) is 4.07. The van der Waals surface area contributed by atoms with Gasteiger partial charge in [0.25, 0.3) is 0 Å². The van der Waals surface area contributed by atoms with E-state index in [1.807, 2.05) is 18.3 Å². The molecule has 0 aliphatic heterocycles. The van der Waals surface area contributed by atoms with Gasteiger partial charge in [-0.3, -0.25) is 4.98 Å². The molecule has 0 saturated carbocycles. The van der Waals surface area contributed by atoms with Gasteiger partial charge in [-0.2, -0.15) is 0 Å². The van der Waals surface area contributed by atoms with Gasteiger partial charge in [0.15, 0.2) is 0 Å². The molecule has 4 rings (SSSR count). The van der Waals surface area contributed by atoms with Crippen LogP contribution >= 0.6 is 0 Å². The summed E-state index contributed by atoms with van der Waals surface area (Å²) in [5.41, 5.74) is 8.26. The number of allylic oxidation sites excluding steroid dienone is 1. The predicted octanol–water partition coefficient (Wildman–Crippen LogP) is 3.57. The van der Waals surface area contributed by atoms with Crippen LogP contribution in [0, 0.1) is 6.07 Å². The van der Waals surface area contributed by atoms with Gasteiger partial charge in [-0.15, -0.1) is 41.0 Å². The third-order valence-electron chi connectivity index (χ3n) is 4.07. The summed E-state index contributed by atoms with van der Waals surface area (Å²) in [6.07, 6.45) is 6.59. The van der Waals surface area contributed by atoms with Crippen LogP contribution in [0.1, 0.15) is 35.2 Å². The van der Waals surface area contributed by atoms with Crippen LogP contribution in [0.2, 0.25) is 0 Å². The van der Waals surface area contributed by atoms with Crippen molar-refractivity contribution in [2.45, 2.75) is 25.7 Å². The molecule has 0 fully saturated rings. The van der Waals surface area contributed by atoms with Crippen LogP contribution in [-0.2, 0) is 32.9 Å². The van der Waals surface area contributed by atoms with Crippen LogP contribution in [0.5, 0.6) is 0 Å². The molecule has 1 aromatic carbocycles. The normalized spacial score (nSPS) is 16.0. The fraction of sp³-hybridized carbons (Fsp3) is 0.235. The number of nitrogens with zero attached hydrogens (tertiary/aromatic N) is 1. The van der Waals surface area contributed by atoms with Crippen molar-refractivity contribution in [1.82, 2.24) is 4.98 Å². The first kappa shape index (κ1) is 12.8. The molecule has 2 aliphatic rings. The second-order valence-corrected chi connectivity index (χ2v) is 5.06. The van der Waals surface area contributed by atoms with Gasteiger partial charge in [0.05, 0.1) is 0 Å². The van der Waals surface area contributed by atoms with Gasteiger partial charge >= 0.3 is 0 Å². The average Bonchev–Trinajstić information content (AvgIpc) is 2.46. The Bertz CT molecular complexity index is 602. The van der Waals surface area contributed by atoms with E-state index in [2.05, 4.69) is 29.2 Å². The number of rotatable bonds is 0. The van der Waals surface area contributed by atoms with Crippen LogP contribution < -0.4 is 0 Å². The molecule has 1 nitrogen and oxygen atoms in total. The fourth-order valence-corrected chi connectivity index (χ4v) is 3.19. The third kappa shape index (κ3) is 2.00. The quantitative estimate of drug-likeness (QED) is 0.590. The molecule has 0 bridgehead atoms. The van der Waals surface area contributed by atoms with Crippen molar-refractivity contribution in [1.29, 1.82) is 0 Å². The molecule has 0 N–H and O–H groups in total. The summed E-state index contributed by atoms with van der Waals surface area (Å²) in [5, 5.41) is 0. The van der Waals surface area contributed by atoms with Gasteiger partial charge in [0.2, 0.25) is 0 Å². The molecule has 2 aromatic rings. The summed E-state index contributed by atoms with van der Waals surface area (Å²) >= 11 is 0. The van der Waals surface area contributed by atoms with Crippen molar-refractivity contribution in [3.63, 3.8) is 0 Å². The van der Waals surface area contributed by atoms with E-state index in [9.17, 15) is 0 Å². The number of pyridine rings is 1. The molecule has 0 spiro atoms. The molecule has 0 amide bonds. The van der Waals surface area contributed by atoms with E-state index in [0.29, 0.717) is 0 Å². The minimum Gasteiger partial charge on any atom is -0.266 e. The van der Waals surface area contributed by atoms with Crippen molar-refractivity contribution in [2.24, 2.45) is 0 Å². The fourth-order valence-electron chi connectivity index (χ4n) is 3.19. The van der Waals surface area contributed by atoms with Crippen molar-refractivity contribution < 1.29 is 20.1 Å². The number of hydrogen-bond acceptors (Lipinski definition) is 1. The van der Waals surface area contributed by atoms with Gasteiger partial charge in [-0.25, -0.2) is 0 Å². The topological polar surface area (TPSA) is 12.9 Å². The maximum absolute atomic E-state index is 4.62. The molecule has 1 aromatic heterocycles. The summed E-state index contributed by atoms with van der Waals surface area (Å²) in [6.45, 7) is 0. The molecule has 0 saturated heterocycles. The smallest absolute Gasteiger partial charge is 0.0326 e. The minimum atomic E-state index is 0. The first-order chi connectivity index (χ1) is 8.93. The number of benzene rings is 1. The minimum absolute atomic E-state index is 0. The van der Waals surface area contributed by atoms with Crippen LogP contribution in [0.25, 0.3) is 5.57 Å². The monoisotopic (exact) mass is 425 g/mol. The Balaban J connectivity index is 0.00000110. The second kappa shape index (κ2) is 5.03. The molecular weight excluding hydrogens is 410 g/mol. The maximum atomic E-state index is 4.62. The molecule has 97 valence electrons.